The van der Waals surface area contributed by atoms with E-state index in [-0.39, 0.29) is 101 Å². The van der Waals surface area contributed by atoms with E-state index < -0.39 is 137 Å². The average molecular weight is 1420 g/mol. The molecular formula is C72H124N16O13. The van der Waals surface area contributed by atoms with Crippen LogP contribution in [-0.4, -0.2) is 174 Å². The van der Waals surface area contributed by atoms with Crippen LogP contribution in [0.5, 0.6) is 5.75 Å². The smallest absolute Gasteiger partial charge is 0.326 e. The molecule has 0 saturated carbocycles. The van der Waals surface area contributed by atoms with Gasteiger partial charge in [0.05, 0.1) is 6.04 Å². The van der Waals surface area contributed by atoms with Gasteiger partial charge < -0.3 is 97.8 Å². The molecule has 0 saturated heterocycles. The first-order chi connectivity index (χ1) is 48.0. The molecule has 0 spiro atoms. The molecule has 0 aromatic heterocycles. The highest BCUT2D eigenvalue weighted by atomic mass is 16.4. The van der Waals surface area contributed by atoms with Crippen molar-refractivity contribution in [3.63, 3.8) is 0 Å². The molecule has 0 radical (unpaired) electrons. The van der Waals surface area contributed by atoms with E-state index in [2.05, 4.69) is 53.2 Å². The fraction of sp³-hybridized carbons (Fsp3) is 0.681. The second-order valence-corrected chi connectivity index (χ2v) is 27.7. The summed E-state index contributed by atoms with van der Waals surface area (Å²) >= 11 is 0. The largest absolute Gasteiger partial charge is 0.508 e. The summed E-state index contributed by atoms with van der Waals surface area (Å²) in [6, 6.07) is 1.16. The number of carboxylic acid groups (broad SMARTS) is 1. The summed E-state index contributed by atoms with van der Waals surface area (Å²) in [5.41, 5.74) is 36.5. The van der Waals surface area contributed by atoms with Crippen molar-refractivity contribution >= 4 is 65.0 Å². The number of unbranched alkanes of at least 4 members (excludes halogenated alkanes) is 5. The van der Waals surface area contributed by atoms with Crippen LogP contribution in [0, 0.1) is 23.7 Å². The number of phenols is 1. The molecule has 0 aliphatic rings. The Hall–Kier alpha value is -7.83. The molecule has 0 aliphatic carbocycles. The van der Waals surface area contributed by atoms with E-state index in [1.807, 2.05) is 27.7 Å². The molecule has 0 heterocycles. The first-order valence-corrected chi connectivity index (χ1v) is 36.4. The Bertz CT molecular complexity index is 2840. The number of carboxylic acids is 1. The van der Waals surface area contributed by atoms with E-state index in [0.717, 1.165) is 0 Å². The minimum atomic E-state index is -1.34. The van der Waals surface area contributed by atoms with Gasteiger partial charge in [0.25, 0.3) is 0 Å². The van der Waals surface area contributed by atoms with Gasteiger partial charge in [-0.2, -0.15) is 0 Å². The third-order valence-electron chi connectivity index (χ3n) is 17.3. The lowest BCUT2D eigenvalue weighted by Crippen LogP contribution is -2.61. The van der Waals surface area contributed by atoms with Crippen molar-refractivity contribution in [3.8, 4) is 5.75 Å². The number of hydrogen-bond acceptors (Lipinski definition) is 18. The van der Waals surface area contributed by atoms with Gasteiger partial charge in [0.1, 0.15) is 66.2 Å². The SMILES string of the molecule is CC[C@H](C)[C@H](NC(=O)[C@H](CCCCN)NC(=O)[C@H](CCCCN)NC(=O)[C@H](Cc1ccccc1)NC(=O)[C@H](CC(C)C)NC(=O)[C@H](CCCCN)NC(=O)[C@@H](N)CCCCN)C(=O)N[C@@H](CC(C)C)C(=O)N[C@@H](CCCCN)C(=O)N[C@@H](Cc1ccc(O)cc1)C(=O)N[C@@H](CC(C)C)C(=O)O. The van der Waals surface area contributed by atoms with Gasteiger partial charge in [0, 0.05) is 12.8 Å². The van der Waals surface area contributed by atoms with Crippen LogP contribution in [0.25, 0.3) is 0 Å². The Balaban J connectivity index is 2.58. The summed E-state index contributed by atoms with van der Waals surface area (Å²) < 4.78 is 0. The summed E-state index contributed by atoms with van der Waals surface area (Å²) in [7, 11) is 0. The van der Waals surface area contributed by atoms with Crippen molar-refractivity contribution in [1.29, 1.82) is 0 Å². The maximum Gasteiger partial charge on any atom is 0.326 e. The Morgan fingerprint density at radius 3 is 0.990 bits per heavy atom. The molecule has 0 fully saturated rings. The van der Waals surface area contributed by atoms with Gasteiger partial charge in [0.2, 0.25) is 59.1 Å². The number of benzene rings is 2. The van der Waals surface area contributed by atoms with E-state index >= 15 is 0 Å². The highest BCUT2D eigenvalue weighted by molar-refractivity contribution is 5.99. The first-order valence-electron chi connectivity index (χ1n) is 36.4. The van der Waals surface area contributed by atoms with Crippen LogP contribution in [-0.2, 0) is 65.6 Å². The molecule has 2 aromatic rings. The molecule has 101 heavy (non-hydrogen) atoms. The molecular weight excluding hydrogens is 1300 g/mol. The number of hydrogen-bond donors (Lipinski definition) is 18. The second-order valence-electron chi connectivity index (χ2n) is 27.7. The average Bonchev–Trinajstić information content (AvgIpc) is 0.855. The lowest BCUT2D eigenvalue weighted by atomic mass is 9.95. The van der Waals surface area contributed by atoms with E-state index in [4.69, 9.17) is 34.4 Å². The quantitative estimate of drug-likeness (QED) is 0.0415. The van der Waals surface area contributed by atoms with Gasteiger partial charge >= 0.3 is 5.97 Å². The molecule has 29 nitrogen and oxygen atoms in total. The molecule has 10 amide bonds. The Labute approximate surface area is 597 Å². The minimum Gasteiger partial charge on any atom is -0.508 e. The van der Waals surface area contributed by atoms with E-state index in [1.165, 1.54) is 12.1 Å². The molecule has 0 unspecified atom stereocenters. The third-order valence-corrected chi connectivity index (χ3v) is 17.3. The summed E-state index contributed by atoms with van der Waals surface area (Å²) in [5.74, 6) is -9.57. The van der Waals surface area contributed by atoms with E-state index in [0.29, 0.717) is 101 Å². The molecule has 0 aliphatic heterocycles. The molecule has 570 valence electrons. The number of phenolic OH excluding ortho intramolecular Hbond substituents is 1. The van der Waals surface area contributed by atoms with Crippen LogP contribution in [0.1, 0.15) is 189 Å². The number of carbonyl (C=O) groups excluding carboxylic acids is 10. The lowest BCUT2D eigenvalue weighted by molar-refractivity contribution is -0.142. The van der Waals surface area contributed by atoms with Crippen molar-refractivity contribution < 1.29 is 63.0 Å². The molecule has 12 atom stereocenters. The van der Waals surface area contributed by atoms with E-state index in [9.17, 15) is 63.0 Å². The summed E-state index contributed by atoms with van der Waals surface area (Å²) in [6.45, 7) is 16.0. The number of aromatic hydroxyl groups is 1. The summed E-state index contributed by atoms with van der Waals surface area (Å²) in [6.07, 6.45) is 5.92. The maximum atomic E-state index is 14.8. The summed E-state index contributed by atoms with van der Waals surface area (Å²) in [5, 5.41) is 47.8. The Morgan fingerprint density at radius 2 is 0.634 bits per heavy atom. The van der Waals surface area contributed by atoms with Gasteiger partial charge in [-0.05, 0) is 189 Å². The molecule has 2 aromatic carbocycles. The second kappa shape index (κ2) is 49.7. The van der Waals surface area contributed by atoms with Crippen LogP contribution >= 0.6 is 0 Å². The number of carbonyl (C=O) groups is 11. The van der Waals surface area contributed by atoms with Gasteiger partial charge in [0.15, 0.2) is 0 Å². The van der Waals surface area contributed by atoms with Crippen LogP contribution in [0.4, 0.5) is 0 Å². The van der Waals surface area contributed by atoms with Gasteiger partial charge in [-0.1, -0.05) is 111 Å². The topological polar surface area (TPSA) is 505 Å². The lowest BCUT2D eigenvalue weighted by Gasteiger charge is -2.30. The van der Waals surface area contributed by atoms with Crippen LogP contribution < -0.4 is 87.6 Å². The number of aliphatic carboxylic acids is 1. The van der Waals surface area contributed by atoms with Crippen LogP contribution in [0.2, 0.25) is 0 Å². The highest BCUT2D eigenvalue weighted by Gasteiger charge is 2.38. The summed E-state index contributed by atoms with van der Waals surface area (Å²) in [4.78, 5) is 157. The predicted molar refractivity (Wildman–Crippen MR) is 389 cm³/mol. The van der Waals surface area contributed by atoms with E-state index in [1.54, 1.807) is 70.2 Å². The number of nitrogens with two attached hydrogens (primary N) is 6. The van der Waals surface area contributed by atoms with Gasteiger partial charge in [-0.15, -0.1) is 0 Å². The fourth-order valence-electron chi connectivity index (χ4n) is 11.3. The van der Waals surface area contributed by atoms with Crippen molar-refractivity contribution in [2.24, 2.45) is 58.1 Å². The normalized spacial score (nSPS) is 15.0. The molecule has 29 heteroatoms. The fourth-order valence-corrected chi connectivity index (χ4v) is 11.3. The Morgan fingerprint density at radius 1 is 0.347 bits per heavy atom. The third kappa shape index (κ3) is 35.6. The van der Waals surface area contributed by atoms with Crippen molar-refractivity contribution in [3.05, 3.63) is 65.7 Å². The predicted octanol–water partition coefficient (Wildman–Crippen LogP) is 1.27. The number of rotatable bonds is 53. The molecule has 0 bridgehead atoms. The van der Waals surface area contributed by atoms with Crippen molar-refractivity contribution in [1.82, 2.24) is 53.2 Å². The monoisotopic (exact) mass is 1420 g/mol. The zero-order chi connectivity index (χ0) is 75.6. The first kappa shape index (κ1) is 89.3. The number of amides is 10. The molecule has 2 rings (SSSR count). The van der Waals surface area contributed by atoms with Gasteiger partial charge in [-0.3, -0.25) is 47.9 Å². The minimum absolute atomic E-state index is 0.0445. The Kier molecular flexibility index (Phi) is 43.9. The number of nitrogens with one attached hydrogen (secondary N) is 10. The zero-order valence-corrected chi connectivity index (χ0v) is 61.1. The van der Waals surface area contributed by atoms with Crippen LogP contribution in [0.3, 0.4) is 0 Å². The maximum absolute atomic E-state index is 14.8. The van der Waals surface area contributed by atoms with Crippen molar-refractivity contribution in [2.75, 3.05) is 32.7 Å². The van der Waals surface area contributed by atoms with Crippen LogP contribution in [0.15, 0.2) is 54.6 Å². The standard InChI is InChI=1S/C72H124N16O13/c1-9-47(8)61(71(99)86-57(40-45(4)5)67(95)81-54(28-16-21-37-76)65(93)84-59(43-49-30-32-50(89)33-31-49)70(98)87-60(72(100)101)41-46(6)7)88-66(94)55(29-17-22-38-77)80-63(91)53(27-15-20-36-75)82-69(97)58(42-48-23-11-10-12-24-48)85-68(96)56(39-44(2)3)83-64(92)52(26-14-19-35-74)79-62(90)51(78)25-13-18-34-73/h10-12,23-24,30-33,44-47,51-61,89H,9,13-22,25-29,34-43,73-78H2,1-8H3,(H,79,90)(H,80,91)(H,81,95)(H,82,97)(H,83,92)(H,84,93)(H,85,96)(H,86,99)(H,87,98)(H,88,94)(H,100,101)/t47-,51-,52-,53-,54-,55-,56-,57-,58-,59-,60-,61-/m0/s1. The molecule has 24 N–H and O–H groups in total. The zero-order valence-electron chi connectivity index (χ0n) is 61.1. The highest BCUT2D eigenvalue weighted by Crippen LogP contribution is 2.18. The van der Waals surface area contributed by atoms with Gasteiger partial charge in [-0.25, -0.2) is 4.79 Å². The van der Waals surface area contributed by atoms with Crippen molar-refractivity contribution in [2.45, 2.75) is 257 Å².